The number of ether oxygens (including phenoxy) is 2. The highest BCUT2D eigenvalue weighted by Crippen LogP contribution is 2.38. The molecule has 19 heavy (non-hydrogen) atoms. The summed E-state index contributed by atoms with van der Waals surface area (Å²) in [5.41, 5.74) is 0.536. The Balaban J connectivity index is 2.48. The van der Waals surface area contributed by atoms with Crippen molar-refractivity contribution in [1.82, 2.24) is 0 Å². The maximum absolute atomic E-state index is 10.3. The summed E-state index contributed by atoms with van der Waals surface area (Å²) in [5.74, 6) is 1.45. The Kier molecular flexibility index (Phi) is 4.39. The highest BCUT2D eigenvalue weighted by Gasteiger charge is 2.21. The molecular formula is C13H12BrClO4. The molecule has 0 saturated heterocycles. The van der Waals surface area contributed by atoms with Crippen molar-refractivity contribution in [2.45, 2.75) is 6.10 Å². The number of furan rings is 1. The molecule has 1 heterocycles. The van der Waals surface area contributed by atoms with E-state index in [9.17, 15) is 5.11 Å². The van der Waals surface area contributed by atoms with Gasteiger partial charge in [0, 0.05) is 5.56 Å². The molecular weight excluding hydrogens is 335 g/mol. The largest absolute Gasteiger partial charge is 0.496 e. The number of halogens is 2. The van der Waals surface area contributed by atoms with E-state index in [1.54, 1.807) is 31.4 Å². The van der Waals surface area contributed by atoms with Crippen LogP contribution in [0.25, 0.3) is 0 Å². The maximum Gasteiger partial charge on any atom is 0.193 e. The third kappa shape index (κ3) is 2.88. The van der Waals surface area contributed by atoms with Crippen molar-refractivity contribution in [3.8, 4) is 11.5 Å². The summed E-state index contributed by atoms with van der Waals surface area (Å²) in [6.45, 7) is 0. The van der Waals surface area contributed by atoms with Crippen LogP contribution in [0.4, 0.5) is 0 Å². The monoisotopic (exact) mass is 346 g/mol. The summed E-state index contributed by atoms with van der Waals surface area (Å²) in [5, 5.41) is 10.5. The molecule has 0 radical (unpaired) electrons. The normalized spacial score (nSPS) is 12.3. The molecule has 1 unspecified atom stereocenters. The van der Waals surface area contributed by atoms with E-state index in [2.05, 4.69) is 15.9 Å². The van der Waals surface area contributed by atoms with E-state index in [0.717, 1.165) is 4.47 Å². The predicted octanol–water partition coefficient (Wildman–Crippen LogP) is 3.79. The first kappa shape index (κ1) is 14.2. The summed E-state index contributed by atoms with van der Waals surface area (Å²) in [4.78, 5) is 0. The first-order valence-corrected chi connectivity index (χ1v) is 6.58. The molecule has 0 spiro atoms. The third-order valence-corrected chi connectivity index (χ3v) is 3.49. The van der Waals surface area contributed by atoms with Crippen LogP contribution in [0.3, 0.4) is 0 Å². The fourth-order valence-electron chi connectivity index (χ4n) is 1.73. The number of benzene rings is 1. The summed E-state index contributed by atoms with van der Waals surface area (Å²) in [7, 11) is 3.08. The molecule has 4 nitrogen and oxygen atoms in total. The van der Waals surface area contributed by atoms with Crippen LogP contribution in [0.1, 0.15) is 17.4 Å². The first-order valence-electron chi connectivity index (χ1n) is 5.41. The lowest BCUT2D eigenvalue weighted by molar-refractivity contribution is 0.184. The molecule has 0 fully saturated rings. The Labute approximate surface area is 124 Å². The van der Waals surface area contributed by atoms with Gasteiger partial charge >= 0.3 is 0 Å². The van der Waals surface area contributed by atoms with Gasteiger partial charge in [-0.1, -0.05) is 0 Å². The topological polar surface area (TPSA) is 51.8 Å². The smallest absolute Gasteiger partial charge is 0.193 e. The Morgan fingerprint density at radius 2 is 1.89 bits per heavy atom. The zero-order valence-electron chi connectivity index (χ0n) is 10.3. The van der Waals surface area contributed by atoms with Gasteiger partial charge in [-0.05, 0) is 51.8 Å². The highest BCUT2D eigenvalue weighted by molar-refractivity contribution is 9.10. The number of hydrogen-bond acceptors (Lipinski definition) is 4. The van der Waals surface area contributed by atoms with Crippen LogP contribution < -0.4 is 9.47 Å². The van der Waals surface area contributed by atoms with E-state index in [1.165, 1.54) is 7.11 Å². The van der Waals surface area contributed by atoms with Crippen LogP contribution in [0.5, 0.6) is 11.5 Å². The molecule has 1 atom stereocenters. The number of methoxy groups -OCH3 is 2. The van der Waals surface area contributed by atoms with Crippen LogP contribution >= 0.6 is 27.5 Å². The van der Waals surface area contributed by atoms with Gasteiger partial charge < -0.3 is 19.0 Å². The van der Waals surface area contributed by atoms with Crippen molar-refractivity contribution in [1.29, 1.82) is 0 Å². The van der Waals surface area contributed by atoms with Gasteiger partial charge in [0.1, 0.15) is 23.4 Å². The van der Waals surface area contributed by atoms with Crippen molar-refractivity contribution in [2.75, 3.05) is 14.2 Å². The maximum atomic E-state index is 10.3. The van der Waals surface area contributed by atoms with Gasteiger partial charge in [0.25, 0.3) is 0 Å². The molecule has 1 aromatic heterocycles. The summed E-state index contributed by atoms with van der Waals surface area (Å²) in [6, 6.07) is 6.59. The van der Waals surface area contributed by atoms with Gasteiger partial charge in [-0.25, -0.2) is 0 Å². The Hall–Kier alpha value is -1.17. The van der Waals surface area contributed by atoms with Gasteiger partial charge in [0.05, 0.1) is 18.7 Å². The lowest BCUT2D eigenvalue weighted by Gasteiger charge is -2.15. The molecule has 0 amide bonds. The summed E-state index contributed by atoms with van der Waals surface area (Å²) >= 11 is 9.07. The standard InChI is InChI=1S/C13H12BrClO4/c1-17-10-6-8(14)11(18-2)5-7(10)13(16)9-3-4-12(15)19-9/h3-6,13,16H,1-2H3. The Morgan fingerprint density at radius 3 is 2.42 bits per heavy atom. The molecule has 0 aliphatic heterocycles. The molecule has 2 rings (SSSR count). The molecule has 1 aromatic carbocycles. The van der Waals surface area contributed by atoms with Crippen molar-refractivity contribution < 1.29 is 19.0 Å². The molecule has 0 aliphatic rings. The summed E-state index contributed by atoms with van der Waals surface area (Å²) < 4.78 is 16.4. The fraction of sp³-hybridized carbons (Fsp3) is 0.231. The quantitative estimate of drug-likeness (QED) is 0.914. The van der Waals surface area contributed by atoms with Crippen LogP contribution in [-0.4, -0.2) is 19.3 Å². The van der Waals surface area contributed by atoms with Crippen molar-refractivity contribution in [3.63, 3.8) is 0 Å². The second-order valence-electron chi connectivity index (χ2n) is 3.77. The molecule has 0 aliphatic carbocycles. The van der Waals surface area contributed by atoms with E-state index in [0.29, 0.717) is 22.8 Å². The van der Waals surface area contributed by atoms with Crippen LogP contribution in [0.15, 0.2) is 33.2 Å². The average molecular weight is 348 g/mol. The predicted molar refractivity (Wildman–Crippen MR) is 75.0 cm³/mol. The van der Waals surface area contributed by atoms with E-state index in [4.69, 9.17) is 25.5 Å². The minimum absolute atomic E-state index is 0.220. The van der Waals surface area contributed by atoms with Crippen molar-refractivity contribution in [3.05, 3.63) is 45.3 Å². The Bertz CT molecular complexity index is 582. The molecule has 0 saturated carbocycles. The third-order valence-electron chi connectivity index (χ3n) is 2.66. The minimum Gasteiger partial charge on any atom is -0.496 e. The van der Waals surface area contributed by atoms with Crippen molar-refractivity contribution >= 4 is 27.5 Å². The molecule has 0 bridgehead atoms. The van der Waals surface area contributed by atoms with Gasteiger partial charge in [0.15, 0.2) is 5.22 Å². The zero-order valence-corrected chi connectivity index (χ0v) is 12.7. The van der Waals surface area contributed by atoms with Gasteiger partial charge in [-0.15, -0.1) is 0 Å². The van der Waals surface area contributed by atoms with E-state index >= 15 is 0 Å². The molecule has 2 aromatic rings. The number of aliphatic hydroxyl groups excluding tert-OH is 1. The summed E-state index contributed by atoms with van der Waals surface area (Å²) in [6.07, 6.45) is -0.982. The highest BCUT2D eigenvalue weighted by atomic mass is 79.9. The number of hydrogen-bond donors (Lipinski definition) is 1. The second kappa shape index (κ2) is 5.86. The van der Waals surface area contributed by atoms with Crippen LogP contribution in [0.2, 0.25) is 5.22 Å². The van der Waals surface area contributed by atoms with Gasteiger partial charge in [0.2, 0.25) is 0 Å². The first-order chi connectivity index (χ1) is 9.06. The van der Waals surface area contributed by atoms with Crippen molar-refractivity contribution in [2.24, 2.45) is 0 Å². The SMILES string of the molecule is COc1cc(C(O)c2ccc(Cl)o2)c(OC)cc1Br. The lowest BCUT2D eigenvalue weighted by Crippen LogP contribution is -2.02. The van der Waals surface area contributed by atoms with Gasteiger partial charge in [-0.3, -0.25) is 0 Å². The number of aliphatic hydroxyl groups is 1. The van der Waals surface area contributed by atoms with Gasteiger partial charge in [-0.2, -0.15) is 0 Å². The van der Waals surface area contributed by atoms with E-state index < -0.39 is 6.10 Å². The average Bonchev–Trinajstić information content (AvgIpc) is 2.84. The zero-order chi connectivity index (χ0) is 14.0. The molecule has 102 valence electrons. The van der Waals surface area contributed by atoms with Crippen LogP contribution in [0, 0.1) is 0 Å². The number of rotatable bonds is 4. The van der Waals surface area contributed by atoms with E-state index in [1.807, 2.05) is 0 Å². The fourth-order valence-corrected chi connectivity index (χ4v) is 2.36. The molecule has 6 heteroatoms. The van der Waals surface area contributed by atoms with E-state index in [-0.39, 0.29) is 5.22 Å². The lowest BCUT2D eigenvalue weighted by atomic mass is 10.1. The Morgan fingerprint density at radius 1 is 1.21 bits per heavy atom. The second-order valence-corrected chi connectivity index (χ2v) is 5.00. The minimum atomic E-state index is -0.982. The van der Waals surface area contributed by atoms with Crippen LogP contribution in [-0.2, 0) is 0 Å². The molecule has 1 N–H and O–H groups in total.